The molecule has 1 unspecified atom stereocenters. The molecule has 0 N–H and O–H groups in total. The molecule has 0 radical (unpaired) electrons. The van der Waals surface area contributed by atoms with Crippen molar-refractivity contribution in [1.29, 1.82) is 0 Å². The molecule has 1 aliphatic carbocycles. The molecule has 1 aromatic carbocycles. The molecule has 0 bridgehead atoms. The number of benzene rings is 1. The first-order chi connectivity index (χ1) is 14.9. The van der Waals surface area contributed by atoms with E-state index in [2.05, 4.69) is 10.1 Å². The Kier molecular flexibility index (Phi) is 6.55. The number of carbonyl (C=O) groups excluding carboxylic acids is 2. The van der Waals surface area contributed by atoms with Crippen LogP contribution in [0.15, 0.2) is 22.7 Å². The number of halogens is 2. The number of rotatable bonds is 6. The van der Waals surface area contributed by atoms with E-state index < -0.39 is 11.7 Å². The second kappa shape index (κ2) is 9.34. The standard InChI is InChI=1S/C22H26ClFN4O3/c1-14(29)28(11-9-20-25-21(31-26-20)15-4-2-5-15)17-6-3-10-27(13-17)22(30)18-12-16(23)7-8-19(18)24/h7-8,12,15,17H,2-6,9-11,13H2,1H3. The van der Waals surface area contributed by atoms with Gasteiger partial charge in [0, 0.05) is 50.0 Å². The van der Waals surface area contributed by atoms with Crippen LogP contribution in [-0.2, 0) is 11.2 Å². The highest BCUT2D eigenvalue weighted by molar-refractivity contribution is 6.31. The second-order valence-corrected chi connectivity index (χ2v) is 8.75. The van der Waals surface area contributed by atoms with Crippen molar-refractivity contribution in [2.24, 2.45) is 0 Å². The van der Waals surface area contributed by atoms with Gasteiger partial charge in [-0.2, -0.15) is 4.98 Å². The zero-order valence-electron chi connectivity index (χ0n) is 17.5. The van der Waals surface area contributed by atoms with E-state index in [1.54, 1.807) is 9.80 Å². The van der Waals surface area contributed by atoms with E-state index in [1.807, 2.05) is 0 Å². The third kappa shape index (κ3) is 4.89. The zero-order chi connectivity index (χ0) is 22.0. The summed E-state index contributed by atoms with van der Waals surface area (Å²) in [6, 6.07) is 3.82. The van der Waals surface area contributed by atoms with Crippen LogP contribution in [0.5, 0.6) is 0 Å². The molecule has 1 saturated heterocycles. The SMILES string of the molecule is CC(=O)N(CCc1noc(C2CCC2)n1)C1CCCN(C(=O)c2cc(Cl)ccc2F)C1. The van der Waals surface area contributed by atoms with Crippen LogP contribution in [0, 0.1) is 5.82 Å². The summed E-state index contributed by atoms with van der Waals surface area (Å²) in [6.45, 7) is 2.83. The maximum atomic E-state index is 14.2. The van der Waals surface area contributed by atoms with E-state index in [0.29, 0.717) is 48.7 Å². The van der Waals surface area contributed by atoms with Crippen LogP contribution in [0.25, 0.3) is 0 Å². The molecule has 4 rings (SSSR count). The molecule has 1 aromatic heterocycles. The molecule has 1 atom stereocenters. The van der Waals surface area contributed by atoms with Crippen molar-refractivity contribution in [2.45, 2.75) is 57.4 Å². The fourth-order valence-electron chi connectivity index (χ4n) is 4.23. The maximum absolute atomic E-state index is 14.2. The molecular formula is C22H26ClFN4O3. The van der Waals surface area contributed by atoms with E-state index in [9.17, 15) is 14.0 Å². The summed E-state index contributed by atoms with van der Waals surface area (Å²) in [5.41, 5.74) is -0.0437. The van der Waals surface area contributed by atoms with E-state index in [0.717, 1.165) is 25.7 Å². The van der Waals surface area contributed by atoms with Crippen LogP contribution in [0.2, 0.25) is 5.02 Å². The van der Waals surface area contributed by atoms with Gasteiger partial charge in [-0.1, -0.05) is 23.2 Å². The number of amides is 2. The number of nitrogens with zero attached hydrogens (tertiary/aromatic N) is 4. The Bertz CT molecular complexity index is 962. The molecule has 2 aliphatic rings. The lowest BCUT2D eigenvalue weighted by molar-refractivity contribution is -0.132. The Labute approximate surface area is 185 Å². The number of aromatic nitrogens is 2. The van der Waals surface area contributed by atoms with Crippen LogP contribution in [0.3, 0.4) is 0 Å². The molecule has 2 aromatic rings. The van der Waals surface area contributed by atoms with Crippen molar-refractivity contribution < 1.29 is 18.5 Å². The third-order valence-corrected chi connectivity index (χ3v) is 6.44. The predicted molar refractivity (Wildman–Crippen MR) is 112 cm³/mol. The molecule has 1 saturated carbocycles. The minimum atomic E-state index is -0.598. The first-order valence-electron chi connectivity index (χ1n) is 10.8. The molecule has 1 aliphatic heterocycles. The van der Waals surface area contributed by atoms with Gasteiger partial charge in [0.15, 0.2) is 5.82 Å². The molecule has 31 heavy (non-hydrogen) atoms. The molecule has 166 valence electrons. The van der Waals surface area contributed by atoms with Gasteiger partial charge in [0.2, 0.25) is 11.8 Å². The van der Waals surface area contributed by atoms with Crippen LogP contribution in [0.4, 0.5) is 4.39 Å². The summed E-state index contributed by atoms with van der Waals surface area (Å²) in [5, 5.41) is 4.36. The van der Waals surface area contributed by atoms with Crippen molar-refractivity contribution >= 4 is 23.4 Å². The summed E-state index contributed by atoms with van der Waals surface area (Å²) < 4.78 is 19.5. The second-order valence-electron chi connectivity index (χ2n) is 8.31. The Morgan fingerprint density at radius 1 is 1.29 bits per heavy atom. The normalized spacial score (nSPS) is 19.2. The van der Waals surface area contributed by atoms with Crippen molar-refractivity contribution in [3.05, 3.63) is 46.3 Å². The van der Waals surface area contributed by atoms with Gasteiger partial charge in [-0.15, -0.1) is 0 Å². The summed E-state index contributed by atoms with van der Waals surface area (Å²) >= 11 is 5.94. The summed E-state index contributed by atoms with van der Waals surface area (Å²) in [4.78, 5) is 33.1. The van der Waals surface area contributed by atoms with Gasteiger partial charge in [-0.25, -0.2) is 4.39 Å². The number of carbonyl (C=O) groups is 2. The molecule has 0 spiro atoms. The maximum Gasteiger partial charge on any atom is 0.256 e. The van der Waals surface area contributed by atoms with Crippen LogP contribution in [0.1, 0.15) is 67.0 Å². The minimum absolute atomic E-state index is 0.0437. The quantitative estimate of drug-likeness (QED) is 0.671. The Balaban J connectivity index is 1.40. The average molecular weight is 449 g/mol. The summed E-state index contributed by atoms with van der Waals surface area (Å²) in [6.07, 6.45) is 5.36. The van der Waals surface area contributed by atoms with Crippen LogP contribution in [-0.4, -0.2) is 57.4 Å². The summed E-state index contributed by atoms with van der Waals surface area (Å²) in [7, 11) is 0. The first-order valence-corrected chi connectivity index (χ1v) is 11.1. The Morgan fingerprint density at radius 3 is 2.81 bits per heavy atom. The zero-order valence-corrected chi connectivity index (χ0v) is 18.3. The van der Waals surface area contributed by atoms with E-state index in [4.69, 9.17) is 16.1 Å². The number of hydrogen-bond donors (Lipinski definition) is 0. The van der Waals surface area contributed by atoms with Gasteiger partial charge in [-0.05, 0) is 43.9 Å². The van der Waals surface area contributed by atoms with Gasteiger partial charge in [-0.3, -0.25) is 9.59 Å². The molecular weight excluding hydrogens is 423 g/mol. The highest BCUT2D eigenvalue weighted by Gasteiger charge is 2.31. The minimum Gasteiger partial charge on any atom is -0.339 e. The van der Waals surface area contributed by atoms with E-state index >= 15 is 0 Å². The fraction of sp³-hybridized carbons (Fsp3) is 0.545. The molecule has 2 fully saturated rings. The molecule has 2 heterocycles. The average Bonchev–Trinajstić information content (AvgIpc) is 3.16. The van der Waals surface area contributed by atoms with Gasteiger partial charge in [0.1, 0.15) is 5.82 Å². The van der Waals surface area contributed by atoms with Crippen molar-refractivity contribution in [2.75, 3.05) is 19.6 Å². The molecule has 9 heteroatoms. The predicted octanol–water partition coefficient (Wildman–Crippen LogP) is 3.83. The fourth-order valence-corrected chi connectivity index (χ4v) is 4.41. The van der Waals surface area contributed by atoms with Gasteiger partial charge >= 0.3 is 0 Å². The van der Waals surface area contributed by atoms with Gasteiger partial charge in [0.25, 0.3) is 5.91 Å². The lowest BCUT2D eigenvalue weighted by atomic mass is 9.85. The van der Waals surface area contributed by atoms with Gasteiger partial charge < -0.3 is 14.3 Å². The Hall–Kier alpha value is -2.48. The van der Waals surface area contributed by atoms with Crippen molar-refractivity contribution in [1.82, 2.24) is 19.9 Å². The number of likely N-dealkylation sites (tertiary alicyclic amines) is 1. The summed E-state index contributed by atoms with van der Waals surface area (Å²) in [5.74, 6) is 0.577. The largest absolute Gasteiger partial charge is 0.339 e. The highest BCUT2D eigenvalue weighted by atomic mass is 35.5. The highest BCUT2D eigenvalue weighted by Crippen LogP contribution is 2.35. The lowest BCUT2D eigenvalue weighted by Crippen LogP contribution is -2.51. The third-order valence-electron chi connectivity index (χ3n) is 6.20. The number of hydrogen-bond acceptors (Lipinski definition) is 5. The van der Waals surface area contributed by atoms with Crippen LogP contribution < -0.4 is 0 Å². The lowest BCUT2D eigenvalue weighted by Gasteiger charge is -2.39. The molecule has 2 amide bonds. The topological polar surface area (TPSA) is 79.5 Å². The van der Waals surface area contributed by atoms with E-state index in [1.165, 1.54) is 31.5 Å². The van der Waals surface area contributed by atoms with Crippen molar-refractivity contribution in [3.8, 4) is 0 Å². The van der Waals surface area contributed by atoms with Crippen LogP contribution >= 0.6 is 11.6 Å². The van der Waals surface area contributed by atoms with E-state index in [-0.39, 0.29) is 17.5 Å². The number of piperidine rings is 1. The van der Waals surface area contributed by atoms with Crippen molar-refractivity contribution in [3.63, 3.8) is 0 Å². The smallest absolute Gasteiger partial charge is 0.256 e. The molecule has 7 nitrogen and oxygen atoms in total. The monoisotopic (exact) mass is 448 g/mol. The Morgan fingerprint density at radius 2 is 2.10 bits per heavy atom. The van der Waals surface area contributed by atoms with Gasteiger partial charge in [0.05, 0.1) is 5.56 Å². The first kappa shape index (κ1) is 21.7.